The lowest BCUT2D eigenvalue weighted by Gasteiger charge is -2.11. The molecule has 0 aliphatic carbocycles. The molecule has 0 heterocycles. The van der Waals surface area contributed by atoms with Crippen LogP contribution < -0.4 is 4.74 Å². The van der Waals surface area contributed by atoms with Gasteiger partial charge < -0.3 is 4.74 Å². The molecule has 1 aromatic rings. The monoisotopic (exact) mass is 214 g/mol. The van der Waals surface area contributed by atoms with Crippen LogP contribution in [-0.2, 0) is 0 Å². The Balaban J connectivity index is 3.03. The number of hydrogen-bond donors (Lipinski definition) is 0. The van der Waals surface area contributed by atoms with Gasteiger partial charge >= 0.3 is 0 Å². The van der Waals surface area contributed by atoms with Crippen molar-refractivity contribution in [3.63, 3.8) is 0 Å². The predicted octanol–water partition coefficient (Wildman–Crippen LogP) is 4.41. The second-order valence-electron chi connectivity index (χ2n) is 3.52. The molecular weight excluding hydrogens is 196 g/mol. The third-order valence-electron chi connectivity index (χ3n) is 2.44. The van der Waals surface area contributed by atoms with Crippen molar-refractivity contribution < 1.29 is 4.74 Å². The summed E-state index contributed by atoms with van der Waals surface area (Å²) < 4.78 is 5.83. The maximum absolute atomic E-state index is 5.83. The Hall–Kier alpha value is -1.76. The molecule has 1 nitrogen and oxygen atoms in total. The van der Waals surface area contributed by atoms with E-state index in [-0.39, 0.29) is 0 Å². The van der Waals surface area contributed by atoms with Crippen molar-refractivity contribution in [1.82, 2.24) is 0 Å². The van der Waals surface area contributed by atoms with Crippen molar-refractivity contribution in [2.75, 3.05) is 0 Å². The predicted molar refractivity (Wildman–Crippen MR) is 69.5 cm³/mol. The Kier molecular flexibility index (Phi) is 4.59. The van der Waals surface area contributed by atoms with Crippen molar-refractivity contribution >= 4 is 0 Å². The molecule has 84 valence electrons. The minimum Gasteiger partial charge on any atom is -0.457 e. The van der Waals surface area contributed by atoms with Gasteiger partial charge in [-0.2, -0.15) is 0 Å². The van der Waals surface area contributed by atoms with Crippen LogP contribution in [0.3, 0.4) is 0 Å². The first-order valence-electron chi connectivity index (χ1n) is 5.44. The van der Waals surface area contributed by atoms with Crippen molar-refractivity contribution in [2.45, 2.75) is 20.3 Å². The van der Waals surface area contributed by atoms with Crippen LogP contribution in [0, 0.1) is 6.92 Å². The van der Waals surface area contributed by atoms with Gasteiger partial charge in [0.25, 0.3) is 0 Å². The number of ether oxygens (including phenoxy) is 1. The minimum absolute atomic E-state index is 0.784. The van der Waals surface area contributed by atoms with Crippen LogP contribution >= 0.6 is 0 Å². The maximum Gasteiger partial charge on any atom is 0.130 e. The van der Waals surface area contributed by atoms with Crippen molar-refractivity contribution in [2.24, 2.45) is 0 Å². The van der Waals surface area contributed by atoms with E-state index in [1.807, 2.05) is 37.3 Å². The molecule has 0 aromatic heterocycles. The molecule has 0 bridgehead atoms. The molecule has 0 atom stereocenters. The molecule has 16 heavy (non-hydrogen) atoms. The summed E-state index contributed by atoms with van der Waals surface area (Å²) in [5, 5.41) is 0. The summed E-state index contributed by atoms with van der Waals surface area (Å²) in [4.78, 5) is 0. The molecule has 0 aliphatic heterocycles. The largest absolute Gasteiger partial charge is 0.457 e. The SMILES string of the molecule is C=C/C(CC)=C(\C=C)Oc1ccccc1C. The molecule has 0 unspecified atom stereocenters. The van der Waals surface area contributed by atoms with Gasteiger partial charge in [0, 0.05) is 0 Å². The van der Waals surface area contributed by atoms with E-state index in [0.29, 0.717) is 0 Å². The van der Waals surface area contributed by atoms with E-state index >= 15 is 0 Å². The number of para-hydroxylation sites is 1. The van der Waals surface area contributed by atoms with Crippen LogP contribution in [0.5, 0.6) is 5.75 Å². The summed E-state index contributed by atoms with van der Waals surface area (Å²) in [5.41, 5.74) is 2.18. The zero-order valence-electron chi connectivity index (χ0n) is 9.99. The Bertz CT molecular complexity index is 413. The summed E-state index contributed by atoms with van der Waals surface area (Å²) in [6.07, 6.45) is 4.43. The Morgan fingerprint density at radius 3 is 2.44 bits per heavy atom. The van der Waals surface area contributed by atoms with E-state index in [2.05, 4.69) is 20.1 Å². The van der Waals surface area contributed by atoms with E-state index in [1.54, 1.807) is 6.08 Å². The van der Waals surface area contributed by atoms with Crippen LogP contribution in [0.4, 0.5) is 0 Å². The number of aryl methyl sites for hydroxylation is 1. The van der Waals surface area contributed by atoms with Crippen LogP contribution in [0.1, 0.15) is 18.9 Å². The highest BCUT2D eigenvalue weighted by atomic mass is 16.5. The highest BCUT2D eigenvalue weighted by Crippen LogP contribution is 2.22. The second-order valence-corrected chi connectivity index (χ2v) is 3.52. The lowest BCUT2D eigenvalue weighted by atomic mass is 10.1. The molecule has 1 heteroatoms. The first-order valence-corrected chi connectivity index (χ1v) is 5.44. The third-order valence-corrected chi connectivity index (χ3v) is 2.44. The lowest BCUT2D eigenvalue weighted by molar-refractivity contribution is 0.435. The topological polar surface area (TPSA) is 9.23 Å². The molecule has 0 aliphatic rings. The van der Waals surface area contributed by atoms with E-state index in [9.17, 15) is 0 Å². The molecule has 0 N–H and O–H groups in total. The van der Waals surface area contributed by atoms with Crippen LogP contribution in [0.15, 0.2) is 60.9 Å². The molecule has 0 fully saturated rings. The third kappa shape index (κ3) is 2.86. The molecule has 1 aromatic carbocycles. The van der Waals surface area contributed by atoms with Gasteiger partial charge in [0.1, 0.15) is 11.5 Å². The fourth-order valence-electron chi connectivity index (χ4n) is 1.45. The first-order chi connectivity index (χ1) is 7.72. The average Bonchev–Trinajstić information content (AvgIpc) is 2.31. The second kappa shape index (κ2) is 5.96. The van der Waals surface area contributed by atoms with Gasteiger partial charge in [-0.1, -0.05) is 44.4 Å². The Morgan fingerprint density at radius 1 is 1.25 bits per heavy atom. The zero-order valence-corrected chi connectivity index (χ0v) is 9.99. The summed E-state index contributed by atoms with van der Waals surface area (Å²) in [6, 6.07) is 7.93. The minimum atomic E-state index is 0.784. The van der Waals surface area contributed by atoms with E-state index in [4.69, 9.17) is 4.74 Å². The van der Waals surface area contributed by atoms with E-state index in [0.717, 1.165) is 29.1 Å². The van der Waals surface area contributed by atoms with Gasteiger partial charge in [-0.05, 0) is 36.6 Å². The number of rotatable bonds is 5. The molecule has 0 radical (unpaired) electrons. The maximum atomic E-state index is 5.83. The summed E-state index contributed by atoms with van der Waals surface area (Å²) >= 11 is 0. The first kappa shape index (κ1) is 12.3. The molecular formula is C15H18O. The van der Waals surface area contributed by atoms with Gasteiger partial charge in [-0.25, -0.2) is 0 Å². The Morgan fingerprint density at radius 2 is 1.94 bits per heavy atom. The fourth-order valence-corrected chi connectivity index (χ4v) is 1.45. The van der Waals surface area contributed by atoms with E-state index in [1.165, 1.54) is 0 Å². The van der Waals surface area contributed by atoms with Gasteiger partial charge in [0.15, 0.2) is 0 Å². The quantitative estimate of drug-likeness (QED) is 0.521. The molecule has 0 saturated heterocycles. The number of hydrogen-bond acceptors (Lipinski definition) is 1. The number of allylic oxidation sites excluding steroid dienone is 3. The fraction of sp³-hybridized carbons (Fsp3) is 0.200. The zero-order chi connectivity index (χ0) is 12.0. The molecule has 0 spiro atoms. The smallest absolute Gasteiger partial charge is 0.130 e. The Labute approximate surface area is 97.8 Å². The van der Waals surface area contributed by atoms with Crippen LogP contribution in [0.25, 0.3) is 0 Å². The van der Waals surface area contributed by atoms with Gasteiger partial charge in [0.05, 0.1) is 0 Å². The van der Waals surface area contributed by atoms with Gasteiger partial charge in [-0.3, -0.25) is 0 Å². The summed E-state index contributed by atoms with van der Waals surface area (Å²) in [7, 11) is 0. The summed E-state index contributed by atoms with van der Waals surface area (Å²) in [6.45, 7) is 11.6. The van der Waals surface area contributed by atoms with Crippen LogP contribution in [0.2, 0.25) is 0 Å². The van der Waals surface area contributed by atoms with Crippen LogP contribution in [-0.4, -0.2) is 0 Å². The van der Waals surface area contributed by atoms with Gasteiger partial charge in [-0.15, -0.1) is 0 Å². The molecule has 0 amide bonds. The van der Waals surface area contributed by atoms with Crippen molar-refractivity contribution in [1.29, 1.82) is 0 Å². The van der Waals surface area contributed by atoms with Crippen molar-refractivity contribution in [3.05, 3.63) is 66.5 Å². The number of benzene rings is 1. The molecule has 0 saturated carbocycles. The normalized spacial score (nSPS) is 11.6. The molecule has 1 rings (SSSR count). The van der Waals surface area contributed by atoms with Gasteiger partial charge in [0.2, 0.25) is 0 Å². The highest BCUT2D eigenvalue weighted by Gasteiger charge is 2.03. The van der Waals surface area contributed by atoms with Crippen molar-refractivity contribution in [3.8, 4) is 5.75 Å². The highest BCUT2D eigenvalue weighted by molar-refractivity contribution is 5.37. The standard InChI is InChI=1S/C15H18O/c1-5-13(6-2)14(7-3)16-15-11-9-8-10-12(15)4/h5,7-11H,1,3,6H2,2,4H3/b14-13-. The summed E-state index contributed by atoms with van der Waals surface area (Å²) in [5.74, 6) is 1.65. The lowest BCUT2D eigenvalue weighted by Crippen LogP contribution is -1.97. The average molecular weight is 214 g/mol. The van der Waals surface area contributed by atoms with E-state index < -0.39 is 0 Å².